The number of likely N-dealkylation sites (tertiary alicyclic amines) is 1. The summed E-state index contributed by atoms with van der Waals surface area (Å²) in [7, 11) is 0. The van der Waals surface area contributed by atoms with Gasteiger partial charge in [-0.25, -0.2) is 4.98 Å². The molecule has 5 heteroatoms. The number of aromatic nitrogens is 2. The van der Waals surface area contributed by atoms with Crippen molar-refractivity contribution >= 4 is 5.91 Å². The molecule has 2 aromatic rings. The minimum atomic E-state index is -0.00559. The molecule has 2 heterocycles. The summed E-state index contributed by atoms with van der Waals surface area (Å²) in [6.07, 6.45) is 6.08. The Bertz CT molecular complexity index is 671. The van der Waals surface area contributed by atoms with Crippen LogP contribution in [0.5, 0.6) is 5.88 Å². The lowest BCUT2D eigenvalue weighted by molar-refractivity contribution is -0.129. The van der Waals surface area contributed by atoms with Crippen LogP contribution < -0.4 is 4.74 Å². The predicted octanol–water partition coefficient (Wildman–Crippen LogP) is 2.82. The Morgan fingerprint density at radius 2 is 2.08 bits per heavy atom. The average Bonchev–Trinajstić information content (AvgIpc) is 3.05. The first-order valence-corrected chi connectivity index (χ1v) is 8.41. The second kappa shape index (κ2) is 7.43. The molecule has 0 bridgehead atoms. The van der Waals surface area contributed by atoms with E-state index in [9.17, 15) is 4.79 Å². The first kappa shape index (κ1) is 16.4. The Morgan fingerprint density at radius 1 is 1.29 bits per heavy atom. The van der Waals surface area contributed by atoms with E-state index in [4.69, 9.17) is 4.74 Å². The van der Waals surface area contributed by atoms with Crippen LogP contribution in [0.3, 0.4) is 0 Å². The average molecular weight is 325 g/mol. The lowest BCUT2D eigenvalue weighted by Crippen LogP contribution is -2.32. The molecule has 0 aliphatic carbocycles. The number of rotatable bonds is 5. The van der Waals surface area contributed by atoms with E-state index in [-0.39, 0.29) is 12.0 Å². The van der Waals surface area contributed by atoms with E-state index >= 15 is 0 Å². The monoisotopic (exact) mass is 325 g/mol. The van der Waals surface area contributed by atoms with Crippen molar-refractivity contribution < 1.29 is 9.53 Å². The van der Waals surface area contributed by atoms with Gasteiger partial charge in [0, 0.05) is 25.4 Å². The molecule has 0 radical (unpaired) electrons. The molecule has 1 fully saturated rings. The van der Waals surface area contributed by atoms with Gasteiger partial charge in [0.1, 0.15) is 6.10 Å². The SMILES string of the molecule is CC(C)c1ccc(CC(=O)N2CCC(Oc3cnccn3)C2)cc1. The molecular weight excluding hydrogens is 302 g/mol. The van der Waals surface area contributed by atoms with Crippen molar-refractivity contribution in [3.8, 4) is 5.88 Å². The van der Waals surface area contributed by atoms with Crippen LogP contribution in [0.15, 0.2) is 42.9 Å². The summed E-state index contributed by atoms with van der Waals surface area (Å²) in [6, 6.07) is 8.32. The number of ether oxygens (including phenoxy) is 1. The topological polar surface area (TPSA) is 55.3 Å². The lowest BCUT2D eigenvalue weighted by Gasteiger charge is -2.17. The van der Waals surface area contributed by atoms with Crippen molar-refractivity contribution in [2.24, 2.45) is 0 Å². The molecule has 1 aromatic carbocycles. The van der Waals surface area contributed by atoms with Crippen LogP contribution in [0, 0.1) is 0 Å². The quantitative estimate of drug-likeness (QED) is 0.848. The number of carbonyl (C=O) groups is 1. The molecule has 0 spiro atoms. The van der Waals surface area contributed by atoms with Gasteiger partial charge in [-0.15, -0.1) is 0 Å². The molecule has 0 saturated carbocycles. The van der Waals surface area contributed by atoms with E-state index in [0.29, 0.717) is 24.8 Å². The van der Waals surface area contributed by atoms with E-state index in [1.165, 1.54) is 5.56 Å². The van der Waals surface area contributed by atoms with Crippen LogP contribution in [0.2, 0.25) is 0 Å². The molecule has 1 unspecified atom stereocenters. The number of benzene rings is 1. The fourth-order valence-electron chi connectivity index (χ4n) is 2.87. The number of hydrogen-bond acceptors (Lipinski definition) is 4. The van der Waals surface area contributed by atoms with Crippen molar-refractivity contribution in [2.75, 3.05) is 13.1 Å². The molecule has 1 amide bonds. The zero-order chi connectivity index (χ0) is 16.9. The second-order valence-corrected chi connectivity index (χ2v) is 6.48. The fourth-order valence-corrected chi connectivity index (χ4v) is 2.87. The summed E-state index contributed by atoms with van der Waals surface area (Å²) in [4.78, 5) is 22.4. The smallest absolute Gasteiger partial charge is 0.232 e. The molecule has 1 aromatic heterocycles. The van der Waals surface area contributed by atoms with Crippen LogP contribution in [-0.4, -0.2) is 40.0 Å². The first-order chi connectivity index (χ1) is 11.6. The summed E-state index contributed by atoms with van der Waals surface area (Å²) in [5.41, 5.74) is 2.35. The first-order valence-electron chi connectivity index (χ1n) is 8.41. The maximum Gasteiger partial charge on any atom is 0.232 e. The van der Waals surface area contributed by atoms with Gasteiger partial charge in [0.15, 0.2) is 0 Å². The summed E-state index contributed by atoms with van der Waals surface area (Å²) in [6.45, 7) is 5.68. The van der Waals surface area contributed by atoms with Crippen LogP contribution in [-0.2, 0) is 11.2 Å². The third-order valence-corrected chi connectivity index (χ3v) is 4.33. The van der Waals surface area contributed by atoms with E-state index in [1.54, 1.807) is 18.6 Å². The summed E-state index contributed by atoms with van der Waals surface area (Å²) in [5, 5.41) is 0. The van der Waals surface area contributed by atoms with Crippen LogP contribution >= 0.6 is 0 Å². The molecule has 126 valence electrons. The Kier molecular flexibility index (Phi) is 5.08. The highest BCUT2D eigenvalue weighted by molar-refractivity contribution is 5.79. The number of nitrogens with zero attached hydrogens (tertiary/aromatic N) is 3. The fraction of sp³-hybridized carbons (Fsp3) is 0.421. The van der Waals surface area contributed by atoms with Gasteiger partial charge in [0.2, 0.25) is 11.8 Å². The van der Waals surface area contributed by atoms with Gasteiger partial charge in [-0.2, -0.15) is 0 Å². The zero-order valence-corrected chi connectivity index (χ0v) is 14.2. The second-order valence-electron chi connectivity index (χ2n) is 6.48. The third kappa shape index (κ3) is 4.10. The van der Waals surface area contributed by atoms with E-state index < -0.39 is 0 Å². The van der Waals surface area contributed by atoms with Gasteiger partial charge in [-0.3, -0.25) is 9.78 Å². The van der Waals surface area contributed by atoms with Crippen molar-refractivity contribution in [1.82, 2.24) is 14.9 Å². The Morgan fingerprint density at radius 3 is 2.75 bits per heavy atom. The number of carbonyl (C=O) groups excluding carboxylic acids is 1. The number of hydrogen-bond donors (Lipinski definition) is 0. The largest absolute Gasteiger partial charge is 0.471 e. The van der Waals surface area contributed by atoms with Crippen molar-refractivity contribution in [1.29, 1.82) is 0 Å². The molecule has 5 nitrogen and oxygen atoms in total. The summed E-state index contributed by atoms with van der Waals surface area (Å²) in [5.74, 6) is 1.17. The van der Waals surface area contributed by atoms with Gasteiger partial charge in [0.05, 0.1) is 19.2 Å². The Labute approximate surface area is 142 Å². The summed E-state index contributed by atoms with van der Waals surface area (Å²) < 4.78 is 5.78. The minimum Gasteiger partial charge on any atom is -0.471 e. The highest BCUT2D eigenvalue weighted by Crippen LogP contribution is 2.18. The minimum absolute atomic E-state index is 0.00559. The Balaban J connectivity index is 1.52. The van der Waals surface area contributed by atoms with Crippen LogP contribution in [0.25, 0.3) is 0 Å². The Hall–Kier alpha value is -2.43. The predicted molar refractivity (Wildman–Crippen MR) is 91.9 cm³/mol. The van der Waals surface area contributed by atoms with Gasteiger partial charge in [-0.05, 0) is 17.0 Å². The maximum absolute atomic E-state index is 12.5. The van der Waals surface area contributed by atoms with Gasteiger partial charge in [0.25, 0.3) is 0 Å². The molecule has 1 aliphatic rings. The third-order valence-electron chi connectivity index (χ3n) is 4.33. The van der Waals surface area contributed by atoms with Crippen LogP contribution in [0.1, 0.15) is 37.3 Å². The van der Waals surface area contributed by atoms with Gasteiger partial charge >= 0.3 is 0 Å². The summed E-state index contributed by atoms with van der Waals surface area (Å²) >= 11 is 0. The van der Waals surface area contributed by atoms with Gasteiger partial charge in [-0.1, -0.05) is 38.1 Å². The highest BCUT2D eigenvalue weighted by Gasteiger charge is 2.27. The van der Waals surface area contributed by atoms with E-state index in [2.05, 4.69) is 48.1 Å². The maximum atomic E-state index is 12.5. The molecular formula is C19H23N3O2. The van der Waals surface area contributed by atoms with Gasteiger partial charge < -0.3 is 9.64 Å². The van der Waals surface area contributed by atoms with Crippen molar-refractivity contribution in [3.63, 3.8) is 0 Å². The molecule has 3 rings (SSSR count). The van der Waals surface area contributed by atoms with E-state index in [1.807, 2.05) is 4.90 Å². The van der Waals surface area contributed by atoms with E-state index in [0.717, 1.165) is 18.5 Å². The molecule has 1 saturated heterocycles. The standard InChI is InChI=1S/C19H23N3O2/c1-14(2)16-5-3-15(4-6-16)11-19(23)22-10-7-17(13-22)24-18-12-20-8-9-21-18/h3-6,8-9,12,14,17H,7,10-11,13H2,1-2H3. The molecule has 24 heavy (non-hydrogen) atoms. The van der Waals surface area contributed by atoms with Crippen LogP contribution in [0.4, 0.5) is 0 Å². The normalized spacial score (nSPS) is 17.3. The lowest BCUT2D eigenvalue weighted by atomic mass is 10.0. The molecule has 1 aliphatic heterocycles. The number of amides is 1. The highest BCUT2D eigenvalue weighted by atomic mass is 16.5. The zero-order valence-electron chi connectivity index (χ0n) is 14.2. The van der Waals surface area contributed by atoms with Crippen molar-refractivity contribution in [2.45, 2.75) is 38.7 Å². The molecule has 0 N–H and O–H groups in total. The van der Waals surface area contributed by atoms with Crippen molar-refractivity contribution in [3.05, 3.63) is 54.0 Å². The molecule has 1 atom stereocenters.